The first kappa shape index (κ1) is 18.7. The molecule has 2 aliphatic rings. The highest BCUT2D eigenvalue weighted by Gasteiger charge is 2.36. The van der Waals surface area contributed by atoms with Crippen molar-refractivity contribution in [2.75, 3.05) is 18.9 Å². The molecular formula is C22H27N3O3. The molecule has 6 heteroatoms. The molecule has 2 N–H and O–H groups in total. The summed E-state index contributed by atoms with van der Waals surface area (Å²) in [4.78, 5) is 26.7. The summed E-state index contributed by atoms with van der Waals surface area (Å²) in [6.07, 6.45) is 3.25. The summed E-state index contributed by atoms with van der Waals surface area (Å²) >= 11 is 0. The summed E-state index contributed by atoms with van der Waals surface area (Å²) in [5, 5.41) is 5.83. The summed E-state index contributed by atoms with van der Waals surface area (Å²) in [6.45, 7) is 3.01. The van der Waals surface area contributed by atoms with Crippen molar-refractivity contribution in [2.45, 2.75) is 44.7 Å². The van der Waals surface area contributed by atoms with Crippen molar-refractivity contribution in [2.24, 2.45) is 5.92 Å². The van der Waals surface area contributed by atoms with Crippen LogP contribution in [-0.2, 0) is 11.3 Å². The molecule has 1 aromatic heterocycles. The van der Waals surface area contributed by atoms with Crippen molar-refractivity contribution in [3.63, 3.8) is 0 Å². The van der Waals surface area contributed by atoms with E-state index in [1.165, 1.54) is 6.42 Å². The highest BCUT2D eigenvalue weighted by molar-refractivity contribution is 6.04. The predicted molar refractivity (Wildman–Crippen MR) is 107 cm³/mol. The molecule has 6 nitrogen and oxygen atoms in total. The van der Waals surface area contributed by atoms with E-state index in [1.807, 2.05) is 30.1 Å². The highest BCUT2D eigenvalue weighted by Crippen LogP contribution is 2.47. The van der Waals surface area contributed by atoms with Crippen LogP contribution in [0.4, 0.5) is 5.69 Å². The van der Waals surface area contributed by atoms with Gasteiger partial charge in [-0.1, -0.05) is 19.1 Å². The third kappa shape index (κ3) is 4.62. The minimum atomic E-state index is -0.156. The van der Waals surface area contributed by atoms with Crippen molar-refractivity contribution in [3.05, 3.63) is 53.5 Å². The third-order valence-electron chi connectivity index (χ3n) is 5.35. The van der Waals surface area contributed by atoms with Gasteiger partial charge in [0.15, 0.2) is 0 Å². The molecule has 0 saturated heterocycles. The standard InChI is InChI=1S/C22H27N3O3/c1-14-11-18(14)20-10-9-16(28-20)12-25(2)13-21(26)24-19-6-4-3-5-17(19)22(27)23-15-7-8-15/h3-6,9-10,14-15,18H,7-8,11-13H2,1-2H3,(H,23,27)(H,24,26). The number of nitrogens with one attached hydrogen (secondary N) is 2. The van der Waals surface area contributed by atoms with E-state index >= 15 is 0 Å². The number of carbonyl (C=O) groups excluding carboxylic acids is 2. The summed E-state index contributed by atoms with van der Waals surface area (Å²) in [7, 11) is 1.88. The number of para-hydroxylation sites is 1. The second-order valence-corrected chi connectivity index (χ2v) is 8.14. The molecule has 0 aliphatic heterocycles. The van der Waals surface area contributed by atoms with E-state index < -0.39 is 0 Å². The molecule has 1 heterocycles. The zero-order chi connectivity index (χ0) is 19.7. The Kier molecular flexibility index (Phi) is 5.22. The lowest BCUT2D eigenvalue weighted by Crippen LogP contribution is -2.31. The lowest BCUT2D eigenvalue weighted by atomic mass is 10.1. The van der Waals surface area contributed by atoms with Crippen LogP contribution in [0.25, 0.3) is 0 Å². The number of rotatable bonds is 8. The number of carbonyl (C=O) groups is 2. The number of furan rings is 1. The van der Waals surface area contributed by atoms with Crippen LogP contribution in [0.15, 0.2) is 40.8 Å². The second-order valence-electron chi connectivity index (χ2n) is 8.14. The van der Waals surface area contributed by atoms with Crippen LogP contribution in [0.5, 0.6) is 0 Å². The van der Waals surface area contributed by atoms with Crippen LogP contribution in [0.1, 0.15) is 54.0 Å². The van der Waals surface area contributed by atoms with E-state index in [1.54, 1.807) is 18.2 Å². The Hall–Kier alpha value is -2.60. The van der Waals surface area contributed by atoms with E-state index in [2.05, 4.69) is 17.6 Å². The van der Waals surface area contributed by atoms with Gasteiger partial charge in [0.2, 0.25) is 5.91 Å². The maximum Gasteiger partial charge on any atom is 0.253 e. The van der Waals surface area contributed by atoms with E-state index in [0.29, 0.717) is 29.6 Å². The van der Waals surface area contributed by atoms with E-state index in [4.69, 9.17) is 4.42 Å². The SMILES string of the molecule is CC1CC1c1ccc(CN(C)CC(=O)Nc2ccccc2C(=O)NC2CC2)o1. The quantitative estimate of drug-likeness (QED) is 0.735. The molecule has 0 spiro atoms. The normalized spacial score (nSPS) is 20.8. The zero-order valence-electron chi connectivity index (χ0n) is 16.4. The zero-order valence-corrected chi connectivity index (χ0v) is 16.4. The Morgan fingerprint density at radius 3 is 2.64 bits per heavy atom. The van der Waals surface area contributed by atoms with E-state index in [0.717, 1.165) is 24.4 Å². The van der Waals surface area contributed by atoms with Crippen molar-refractivity contribution in [1.82, 2.24) is 10.2 Å². The summed E-state index contributed by atoms with van der Waals surface area (Å²) in [5.74, 6) is 2.89. The summed E-state index contributed by atoms with van der Waals surface area (Å²) in [5.41, 5.74) is 1.04. The minimum absolute atomic E-state index is 0.135. The molecule has 148 valence electrons. The van der Waals surface area contributed by atoms with Gasteiger partial charge in [-0.05, 0) is 56.5 Å². The molecule has 4 rings (SSSR count). The lowest BCUT2D eigenvalue weighted by Gasteiger charge is -2.16. The molecule has 2 aromatic rings. The maximum atomic E-state index is 12.5. The van der Waals surface area contributed by atoms with Gasteiger partial charge in [0.1, 0.15) is 11.5 Å². The van der Waals surface area contributed by atoms with Gasteiger partial charge in [-0.15, -0.1) is 0 Å². The topological polar surface area (TPSA) is 74.6 Å². The fourth-order valence-electron chi connectivity index (χ4n) is 3.44. The second kappa shape index (κ2) is 7.80. The van der Waals surface area contributed by atoms with E-state index in [9.17, 15) is 9.59 Å². The van der Waals surface area contributed by atoms with Crippen LogP contribution >= 0.6 is 0 Å². The molecule has 1 aromatic carbocycles. The van der Waals surface area contributed by atoms with Gasteiger partial charge in [-0.25, -0.2) is 0 Å². The Balaban J connectivity index is 1.31. The van der Waals surface area contributed by atoms with Crippen LogP contribution < -0.4 is 10.6 Å². The molecule has 2 atom stereocenters. The third-order valence-corrected chi connectivity index (χ3v) is 5.35. The van der Waals surface area contributed by atoms with Crippen LogP contribution in [0.3, 0.4) is 0 Å². The number of likely N-dealkylation sites (N-methyl/N-ethyl adjacent to an activating group) is 1. The van der Waals surface area contributed by atoms with Crippen molar-refractivity contribution >= 4 is 17.5 Å². The molecule has 0 bridgehead atoms. The number of hydrogen-bond acceptors (Lipinski definition) is 4. The van der Waals surface area contributed by atoms with Gasteiger partial charge in [0.05, 0.1) is 24.3 Å². The first-order valence-corrected chi connectivity index (χ1v) is 9.96. The molecule has 0 radical (unpaired) electrons. The number of anilines is 1. The number of nitrogens with zero attached hydrogens (tertiary/aromatic N) is 1. The summed E-state index contributed by atoms with van der Waals surface area (Å²) < 4.78 is 5.92. The van der Waals surface area contributed by atoms with Crippen molar-refractivity contribution in [3.8, 4) is 0 Å². The average Bonchev–Trinajstić information content (AvgIpc) is 3.56. The maximum absolute atomic E-state index is 12.5. The van der Waals surface area contributed by atoms with Crippen molar-refractivity contribution < 1.29 is 14.0 Å². The minimum Gasteiger partial charge on any atom is -0.464 e. The summed E-state index contributed by atoms with van der Waals surface area (Å²) in [6, 6.07) is 11.4. The smallest absolute Gasteiger partial charge is 0.253 e. The first-order chi connectivity index (χ1) is 13.5. The average molecular weight is 381 g/mol. The molecule has 28 heavy (non-hydrogen) atoms. The molecular weight excluding hydrogens is 354 g/mol. The number of hydrogen-bond donors (Lipinski definition) is 2. The van der Waals surface area contributed by atoms with Gasteiger partial charge < -0.3 is 15.1 Å². The molecule has 2 saturated carbocycles. The number of benzene rings is 1. The largest absolute Gasteiger partial charge is 0.464 e. The fourth-order valence-corrected chi connectivity index (χ4v) is 3.44. The van der Waals surface area contributed by atoms with E-state index in [-0.39, 0.29) is 24.4 Å². The monoisotopic (exact) mass is 381 g/mol. The van der Waals surface area contributed by atoms with Crippen LogP contribution in [0, 0.1) is 5.92 Å². The van der Waals surface area contributed by atoms with Crippen LogP contribution in [-0.4, -0.2) is 36.3 Å². The van der Waals surface area contributed by atoms with Gasteiger partial charge >= 0.3 is 0 Å². The Bertz CT molecular complexity index is 871. The molecule has 2 aliphatic carbocycles. The Labute approximate surface area is 165 Å². The predicted octanol–water partition coefficient (Wildman–Crippen LogP) is 3.37. The van der Waals surface area contributed by atoms with Gasteiger partial charge in [-0.3, -0.25) is 14.5 Å². The molecule has 2 unspecified atom stereocenters. The Morgan fingerprint density at radius 1 is 1.18 bits per heavy atom. The van der Waals surface area contributed by atoms with Gasteiger partial charge in [0, 0.05) is 12.0 Å². The highest BCUT2D eigenvalue weighted by atomic mass is 16.3. The van der Waals surface area contributed by atoms with Gasteiger partial charge in [-0.2, -0.15) is 0 Å². The molecule has 2 amide bonds. The molecule has 2 fully saturated rings. The van der Waals surface area contributed by atoms with Crippen LogP contribution in [0.2, 0.25) is 0 Å². The first-order valence-electron chi connectivity index (χ1n) is 9.96. The Morgan fingerprint density at radius 2 is 1.93 bits per heavy atom. The fraction of sp³-hybridized carbons (Fsp3) is 0.455. The number of amides is 2. The van der Waals surface area contributed by atoms with Gasteiger partial charge in [0.25, 0.3) is 5.91 Å². The van der Waals surface area contributed by atoms with Crippen molar-refractivity contribution in [1.29, 1.82) is 0 Å². The lowest BCUT2D eigenvalue weighted by molar-refractivity contribution is -0.117.